The summed E-state index contributed by atoms with van der Waals surface area (Å²) in [6, 6.07) is 3.56. The van der Waals surface area contributed by atoms with Crippen molar-refractivity contribution < 1.29 is 9.90 Å². The van der Waals surface area contributed by atoms with E-state index in [9.17, 15) is 9.90 Å². The molecule has 0 unspecified atom stereocenters. The van der Waals surface area contributed by atoms with Crippen LogP contribution in [0.2, 0.25) is 0 Å². The molecular weight excluding hydrogens is 216 g/mol. The van der Waals surface area contributed by atoms with E-state index < -0.39 is 6.10 Å². The lowest BCUT2D eigenvalue weighted by molar-refractivity contribution is 0.0686. The number of carbonyl (C=O) groups is 1. The first-order valence-corrected chi connectivity index (χ1v) is 5.98. The first kappa shape index (κ1) is 12.0. The number of pyridine rings is 1. The topological polar surface area (TPSA) is 53.4 Å². The lowest BCUT2D eigenvalue weighted by atomic mass is 10.0. The van der Waals surface area contributed by atoms with Gasteiger partial charge < -0.3 is 10.0 Å². The molecule has 1 aliphatic heterocycles. The highest BCUT2D eigenvalue weighted by Crippen LogP contribution is 2.25. The van der Waals surface area contributed by atoms with Gasteiger partial charge >= 0.3 is 0 Å². The van der Waals surface area contributed by atoms with Gasteiger partial charge in [0.25, 0.3) is 5.91 Å². The van der Waals surface area contributed by atoms with Crippen molar-refractivity contribution in [3.8, 4) is 0 Å². The van der Waals surface area contributed by atoms with Gasteiger partial charge in [-0.3, -0.25) is 9.78 Å². The third-order valence-electron chi connectivity index (χ3n) is 3.28. The molecule has 0 radical (unpaired) electrons. The SMILES string of the molecule is CC(C)[C@@H]1C[C@@H](O)CN1C(=O)c1ccncc1. The Kier molecular flexibility index (Phi) is 3.43. The van der Waals surface area contributed by atoms with E-state index in [1.165, 1.54) is 0 Å². The quantitative estimate of drug-likeness (QED) is 0.839. The number of aliphatic hydroxyl groups excluding tert-OH is 1. The first-order valence-electron chi connectivity index (χ1n) is 5.98. The molecule has 2 atom stereocenters. The summed E-state index contributed by atoms with van der Waals surface area (Å²) in [5.41, 5.74) is 0.639. The lowest BCUT2D eigenvalue weighted by Crippen LogP contribution is -2.38. The molecule has 17 heavy (non-hydrogen) atoms. The molecule has 0 spiro atoms. The zero-order valence-corrected chi connectivity index (χ0v) is 10.2. The van der Waals surface area contributed by atoms with E-state index in [1.807, 2.05) is 0 Å². The van der Waals surface area contributed by atoms with Crippen molar-refractivity contribution in [3.63, 3.8) is 0 Å². The predicted molar refractivity (Wildman–Crippen MR) is 64.5 cm³/mol. The van der Waals surface area contributed by atoms with Crippen molar-refractivity contribution in [3.05, 3.63) is 30.1 Å². The molecule has 1 saturated heterocycles. The first-order chi connectivity index (χ1) is 8.09. The van der Waals surface area contributed by atoms with Crippen molar-refractivity contribution in [2.24, 2.45) is 5.92 Å². The Morgan fingerprint density at radius 3 is 2.71 bits per heavy atom. The zero-order valence-electron chi connectivity index (χ0n) is 10.2. The molecule has 1 aromatic rings. The molecule has 0 saturated carbocycles. The standard InChI is InChI=1S/C13H18N2O2/c1-9(2)12-7-11(16)8-15(12)13(17)10-3-5-14-6-4-10/h3-6,9,11-12,16H,7-8H2,1-2H3/t11-,12+/m1/s1. The lowest BCUT2D eigenvalue weighted by Gasteiger charge is -2.27. The third-order valence-corrected chi connectivity index (χ3v) is 3.28. The minimum atomic E-state index is -0.395. The largest absolute Gasteiger partial charge is 0.391 e. The number of hydrogen-bond acceptors (Lipinski definition) is 3. The monoisotopic (exact) mass is 234 g/mol. The molecule has 2 heterocycles. The highest BCUT2D eigenvalue weighted by atomic mass is 16.3. The Bertz CT molecular complexity index is 392. The third kappa shape index (κ3) is 2.47. The van der Waals surface area contributed by atoms with Crippen LogP contribution in [0.25, 0.3) is 0 Å². The van der Waals surface area contributed by atoms with Crippen LogP contribution in [0, 0.1) is 5.92 Å². The molecule has 4 heteroatoms. The molecule has 1 fully saturated rings. The summed E-state index contributed by atoms with van der Waals surface area (Å²) >= 11 is 0. The molecule has 0 aliphatic carbocycles. The molecule has 92 valence electrons. The van der Waals surface area contributed by atoms with Crippen LogP contribution < -0.4 is 0 Å². The van der Waals surface area contributed by atoms with E-state index in [2.05, 4.69) is 18.8 Å². The number of hydrogen-bond donors (Lipinski definition) is 1. The summed E-state index contributed by atoms with van der Waals surface area (Å²) in [5.74, 6) is 0.348. The fourth-order valence-corrected chi connectivity index (χ4v) is 2.37. The van der Waals surface area contributed by atoms with E-state index in [0.29, 0.717) is 24.4 Å². The minimum Gasteiger partial charge on any atom is -0.391 e. The van der Waals surface area contributed by atoms with Crippen molar-refractivity contribution in [1.29, 1.82) is 0 Å². The van der Waals surface area contributed by atoms with Crippen molar-refractivity contribution in [1.82, 2.24) is 9.88 Å². The van der Waals surface area contributed by atoms with Gasteiger partial charge in [0.15, 0.2) is 0 Å². The summed E-state index contributed by atoms with van der Waals surface area (Å²) in [6.07, 6.45) is 3.51. The fraction of sp³-hybridized carbons (Fsp3) is 0.538. The van der Waals surface area contributed by atoms with E-state index in [1.54, 1.807) is 29.4 Å². The summed E-state index contributed by atoms with van der Waals surface area (Å²) in [7, 11) is 0. The number of amides is 1. The molecule has 2 rings (SSSR count). The number of aliphatic hydroxyl groups is 1. The van der Waals surface area contributed by atoms with Gasteiger partial charge in [0.2, 0.25) is 0 Å². The molecule has 1 amide bonds. The van der Waals surface area contributed by atoms with Crippen LogP contribution in [-0.4, -0.2) is 39.6 Å². The Labute approximate surface area is 101 Å². The molecule has 4 nitrogen and oxygen atoms in total. The van der Waals surface area contributed by atoms with Gasteiger partial charge in [-0.2, -0.15) is 0 Å². The second kappa shape index (κ2) is 4.84. The molecule has 1 aromatic heterocycles. The minimum absolute atomic E-state index is 0.0114. The van der Waals surface area contributed by atoms with E-state index >= 15 is 0 Å². The van der Waals surface area contributed by atoms with E-state index in [4.69, 9.17) is 0 Å². The van der Waals surface area contributed by atoms with Crippen LogP contribution in [-0.2, 0) is 0 Å². The van der Waals surface area contributed by atoms with Crippen LogP contribution in [0.15, 0.2) is 24.5 Å². The second-order valence-corrected chi connectivity index (χ2v) is 4.89. The Morgan fingerprint density at radius 2 is 2.12 bits per heavy atom. The summed E-state index contributed by atoms with van der Waals surface area (Å²) in [6.45, 7) is 4.59. The van der Waals surface area contributed by atoms with Crippen molar-refractivity contribution in [2.75, 3.05) is 6.54 Å². The molecular formula is C13H18N2O2. The number of carbonyl (C=O) groups excluding carboxylic acids is 1. The Morgan fingerprint density at radius 1 is 1.47 bits per heavy atom. The maximum absolute atomic E-state index is 12.3. The number of β-amino-alcohol motifs (C(OH)–C–C–N with tert-alkyl or cyclic N) is 1. The molecule has 0 bridgehead atoms. The van der Waals surface area contributed by atoms with Crippen molar-refractivity contribution >= 4 is 5.91 Å². The van der Waals surface area contributed by atoms with Crippen LogP contribution >= 0.6 is 0 Å². The van der Waals surface area contributed by atoms with Gasteiger partial charge in [0.1, 0.15) is 0 Å². The van der Waals surface area contributed by atoms with Gasteiger partial charge in [-0.05, 0) is 24.5 Å². The van der Waals surface area contributed by atoms with Crippen LogP contribution in [0.3, 0.4) is 0 Å². The highest BCUT2D eigenvalue weighted by molar-refractivity contribution is 5.94. The smallest absolute Gasteiger partial charge is 0.254 e. The summed E-state index contributed by atoms with van der Waals surface area (Å²) in [4.78, 5) is 18.0. The molecule has 0 aromatic carbocycles. The van der Waals surface area contributed by atoms with Crippen LogP contribution in [0.4, 0.5) is 0 Å². The van der Waals surface area contributed by atoms with Gasteiger partial charge in [-0.15, -0.1) is 0 Å². The normalized spacial score (nSPS) is 24.4. The van der Waals surface area contributed by atoms with Gasteiger partial charge in [0.05, 0.1) is 6.10 Å². The Hall–Kier alpha value is -1.42. The van der Waals surface area contributed by atoms with E-state index in [-0.39, 0.29) is 11.9 Å². The van der Waals surface area contributed by atoms with Crippen LogP contribution in [0.5, 0.6) is 0 Å². The number of rotatable bonds is 2. The van der Waals surface area contributed by atoms with Gasteiger partial charge in [-0.25, -0.2) is 0 Å². The predicted octanol–water partition coefficient (Wildman–Crippen LogP) is 1.31. The van der Waals surface area contributed by atoms with Gasteiger partial charge in [-0.1, -0.05) is 13.8 Å². The fourth-order valence-electron chi connectivity index (χ4n) is 2.37. The number of aromatic nitrogens is 1. The average Bonchev–Trinajstić information content (AvgIpc) is 2.72. The maximum Gasteiger partial charge on any atom is 0.254 e. The highest BCUT2D eigenvalue weighted by Gasteiger charge is 2.36. The summed E-state index contributed by atoms with van der Waals surface area (Å²) in [5, 5.41) is 9.71. The zero-order chi connectivity index (χ0) is 12.4. The summed E-state index contributed by atoms with van der Waals surface area (Å²) < 4.78 is 0. The maximum atomic E-state index is 12.3. The van der Waals surface area contributed by atoms with Crippen molar-refractivity contribution in [2.45, 2.75) is 32.4 Å². The Balaban J connectivity index is 2.19. The molecule has 1 aliphatic rings. The van der Waals surface area contributed by atoms with E-state index in [0.717, 1.165) is 0 Å². The molecule has 1 N–H and O–H groups in total. The van der Waals surface area contributed by atoms with Gasteiger partial charge in [0, 0.05) is 30.5 Å². The number of nitrogens with zero attached hydrogens (tertiary/aromatic N) is 2. The number of likely N-dealkylation sites (tertiary alicyclic amines) is 1. The second-order valence-electron chi connectivity index (χ2n) is 4.89. The average molecular weight is 234 g/mol. The van der Waals surface area contributed by atoms with Crippen LogP contribution in [0.1, 0.15) is 30.6 Å².